The fraction of sp³-hybridized carbons (Fsp3) is 0.143. The fourth-order valence-electron chi connectivity index (χ4n) is 2.73. The lowest BCUT2D eigenvalue weighted by Crippen LogP contribution is -2.00. The Labute approximate surface area is 151 Å². The van der Waals surface area contributed by atoms with Crippen molar-refractivity contribution in [2.45, 2.75) is 20.3 Å². The van der Waals surface area contributed by atoms with E-state index in [1.807, 2.05) is 56.3 Å². The zero-order chi connectivity index (χ0) is 17.9. The summed E-state index contributed by atoms with van der Waals surface area (Å²) in [5.74, 6) is 1.70. The van der Waals surface area contributed by atoms with Crippen LogP contribution in [0.25, 0.3) is 22.9 Å². The van der Waals surface area contributed by atoms with Crippen LogP contribution in [0.15, 0.2) is 65.2 Å². The van der Waals surface area contributed by atoms with Crippen molar-refractivity contribution in [3.63, 3.8) is 0 Å². The molecular formula is C21H18N4O. The second kappa shape index (κ2) is 6.88. The molecule has 0 spiro atoms. The molecule has 0 aliphatic carbocycles. The maximum atomic E-state index is 5.83. The number of nitrogens with zero attached hydrogens (tertiary/aromatic N) is 4. The average Bonchev–Trinajstić information content (AvgIpc) is 3.13. The van der Waals surface area contributed by atoms with Crippen LogP contribution in [0.3, 0.4) is 0 Å². The van der Waals surface area contributed by atoms with Crippen molar-refractivity contribution in [2.75, 3.05) is 0 Å². The van der Waals surface area contributed by atoms with Crippen molar-refractivity contribution in [3.05, 3.63) is 83.4 Å². The van der Waals surface area contributed by atoms with Crippen molar-refractivity contribution in [3.8, 4) is 22.9 Å². The second-order valence-corrected chi connectivity index (χ2v) is 6.23. The predicted molar refractivity (Wildman–Crippen MR) is 99.5 cm³/mol. The van der Waals surface area contributed by atoms with Gasteiger partial charge in [0.1, 0.15) is 5.82 Å². The van der Waals surface area contributed by atoms with Crippen LogP contribution < -0.4 is 0 Å². The van der Waals surface area contributed by atoms with Gasteiger partial charge >= 0.3 is 0 Å². The van der Waals surface area contributed by atoms with Gasteiger partial charge in [-0.25, -0.2) is 9.97 Å². The van der Waals surface area contributed by atoms with E-state index in [-0.39, 0.29) is 0 Å². The summed E-state index contributed by atoms with van der Waals surface area (Å²) >= 11 is 0. The molecule has 2 heterocycles. The first kappa shape index (κ1) is 16.1. The van der Waals surface area contributed by atoms with E-state index in [0.717, 1.165) is 22.6 Å². The second-order valence-electron chi connectivity index (χ2n) is 6.23. The highest BCUT2D eigenvalue weighted by Gasteiger charge is 2.14. The van der Waals surface area contributed by atoms with Gasteiger partial charge < -0.3 is 4.42 Å². The molecule has 5 heteroatoms. The minimum Gasteiger partial charge on any atom is -0.416 e. The van der Waals surface area contributed by atoms with Crippen LogP contribution in [0.2, 0.25) is 0 Å². The van der Waals surface area contributed by atoms with E-state index in [4.69, 9.17) is 4.42 Å². The Balaban J connectivity index is 1.59. The first-order valence-corrected chi connectivity index (χ1v) is 8.46. The third kappa shape index (κ3) is 3.37. The Morgan fingerprint density at radius 1 is 0.846 bits per heavy atom. The minimum atomic E-state index is 0.435. The van der Waals surface area contributed by atoms with Crippen LogP contribution in [0.5, 0.6) is 0 Å². The number of hydrogen-bond donors (Lipinski definition) is 0. The highest BCUT2D eigenvalue weighted by Crippen LogP contribution is 2.25. The first-order chi connectivity index (χ1) is 12.7. The summed E-state index contributed by atoms with van der Waals surface area (Å²) in [6.45, 7) is 3.97. The molecule has 0 aliphatic rings. The van der Waals surface area contributed by atoms with Gasteiger partial charge in [0.15, 0.2) is 0 Å². The number of benzene rings is 2. The number of aryl methyl sites for hydroxylation is 2. The van der Waals surface area contributed by atoms with Crippen molar-refractivity contribution < 1.29 is 4.42 Å². The SMILES string of the molecule is Cc1ccc(-c2nnc(-c3cnc(Cc4ccccc4)nc3C)o2)cc1. The predicted octanol–water partition coefficient (Wildman–Crippen LogP) is 4.40. The van der Waals surface area contributed by atoms with E-state index in [1.54, 1.807) is 6.20 Å². The zero-order valence-corrected chi connectivity index (χ0v) is 14.7. The van der Waals surface area contributed by atoms with Gasteiger partial charge in [-0.2, -0.15) is 0 Å². The van der Waals surface area contributed by atoms with E-state index in [1.165, 1.54) is 11.1 Å². The molecule has 0 saturated heterocycles. The fourth-order valence-corrected chi connectivity index (χ4v) is 2.73. The van der Waals surface area contributed by atoms with Crippen molar-refractivity contribution >= 4 is 0 Å². The quantitative estimate of drug-likeness (QED) is 0.550. The highest BCUT2D eigenvalue weighted by molar-refractivity contribution is 5.59. The molecule has 0 radical (unpaired) electrons. The molecule has 5 nitrogen and oxygen atoms in total. The van der Waals surface area contributed by atoms with Crippen LogP contribution in [0.1, 0.15) is 22.6 Å². The summed E-state index contributed by atoms with van der Waals surface area (Å²) in [6.07, 6.45) is 2.45. The summed E-state index contributed by atoms with van der Waals surface area (Å²) in [7, 11) is 0. The Bertz CT molecular complexity index is 1020. The molecule has 2 aromatic heterocycles. The Kier molecular flexibility index (Phi) is 4.27. The smallest absolute Gasteiger partial charge is 0.251 e. The summed E-state index contributed by atoms with van der Waals surface area (Å²) in [5, 5.41) is 8.31. The van der Waals surface area contributed by atoms with Gasteiger partial charge in [0, 0.05) is 18.2 Å². The van der Waals surface area contributed by atoms with E-state index in [0.29, 0.717) is 18.2 Å². The molecule has 4 aromatic rings. The Morgan fingerprint density at radius 3 is 2.31 bits per heavy atom. The molecule has 0 atom stereocenters. The molecule has 2 aromatic carbocycles. The molecule has 26 heavy (non-hydrogen) atoms. The van der Waals surface area contributed by atoms with Crippen LogP contribution in [0.4, 0.5) is 0 Å². The standard InChI is InChI=1S/C21H18N4O/c1-14-8-10-17(11-9-14)20-24-25-21(26-20)18-13-22-19(23-15(18)2)12-16-6-4-3-5-7-16/h3-11,13H,12H2,1-2H3. The van der Waals surface area contributed by atoms with Gasteiger partial charge in [-0.05, 0) is 31.5 Å². The summed E-state index contributed by atoms with van der Waals surface area (Å²) < 4.78 is 5.83. The Hall–Kier alpha value is -3.34. The van der Waals surface area contributed by atoms with Crippen LogP contribution in [-0.2, 0) is 6.42 Å². The monoisotopic (exact) mass is 342 g/mol. The molecule has 0 fully saturated rings. The van der Waals surface area contributed by atoms with Gasteiger partial charge in [0.2, 0.25) is 5.89 Å². The third-order valence-corrected chi connectivity index (χ3v) is 4.19. The normalized spacial score (nSPS) is 10.8. The van der Waals surface area contributed by atoms with E-state index in [2.05, 4.69) is 32.3 Å². The largest absolute Gasteiger partial charge is 0.416 e. The molecular weight excluding hydrogens is 324 g/mol. The minimum absolute atomic E-state index is 0.435. The molecule has 0 saturated carbocycles. The van der Waals surface area contributed by atoms with E-state index >= 15 is 0 Å². The zero-order valence-electron chi connectivity index (χ0n) is 14.7. The summed E-state index contributed by atoms with van der Waals surface area (Å²) in [4.78, 5) is 9.07. The van der Waals surface area contributed by atoms with Gasteiger partial charge in [-0.3, -0.25) is 0 Å². The maximum absolute atomic E-state index is 5.83. The lowest BCUT2D eigenvalue weighted by atomic mass is 10.1. The molecule has 128 valence electrons. The number of rotatable bonds is 4. The lowest BCUT2D eigenvalue weighted by molar-refractivity contribution is 0.583. The van der Waals surface area contributed by atoms with Crippen molar-refractivity contribution in [2.24, 2.45) is 0 Å². The van der Waals surface area contributed by atoms with E-state index < -0.39 is 0 Å². The molecule has 0 N–H and O–H groups in total. The molecule has 0 aliphatic heterocycles. The number of hydrogen-bond acceptors (Lipinski definition) is 5. The summed E-state index contributed by atoms with van der Waals surface area (Å²) in [5.41, 5.74) is 4.84. The lowest BCUT2D eigenvalue weighted by Gasteiger charge is -2.04. The van der Waals surface area contributed by atoms with E-state index in [9.17, 15) is 0 Å². The van der Waals surface area contributed by atoms with Gasteiger partial charge in [-0.15, -0.1) is 10.2 Å². The topological polar surface area (TPSA) is 64.7 Å². The average molecular weight is 342 g/mol. The first-order valence-electron chi connectivity index (χ1n) is 8.46. The van der Waals surface area contributed by atoms with Gasteiger partial charge in [-0.1, -0.05) is 48.0 Å². The van der Waals surface area contributed by atoms with Crippen molar-refractivity contribution in [1.82, 2.24) is 20.2 Å². The molecule has 0 amide bonds. The van der Waals surface area contributed by atoms with Gasteiger partial charge in [0.05, 0.1) is 11.3 Å². The molecule has 0 unspecified atom stereocenters. The summed E-state index contributed by atoms with van der Waals surface area (Å²) in [6, 6.07) is 18.1. The Morgan fingerprint density at radius 2 is 1.58 bits per heavy atom. The van der Waals surface area contributed by atoms with Crippen LogP contribution in [0, 0.1) is 13.8 Å². The molecule has 0 bridgehead atoms. The van der Waals surface area contributed by atoms with Crippen molar-refractivity contribution in [1.29, 1.82) is 0 Å². The number of aromatic nitrogens is 4. The third-order valence-electron chi connectivity index (χ3n) is 4.19. The van der Waals surface area contributed by atoms with Crippen LogP contribution >= 0.6 is 0 Å². The highest BCUT2D eigenvalue weighted by atomic mass is 16.4. The van der Waals surface area contributed by atoms with Gasteiger partial charge in [0.25, 0.3) is 5.89 Å². The molecule has 4 rings (SSSR count). The van der Waals surface area contributed by atoms with Crippen LogP contribution in [-0.4, -0.2) is 20.2 Å². The maximum Gasteiger partial charge on any atom is 0.251 e.